The average Bonchev–Trinajstić information content (AvgIpc) is 3.27. The van der Waals surface area contributed by atoms with Gasteiger partial charge in [-0.25, -0.2) is 4.98 Å². The van der Waals surface area contributed by atoms with Gasteiger partial charge in [-0.05, 0) is 23.6 Å². The van der Waals surface area contributed by atoms with Gasteiger partial charge in [-0.15, -0.1) is 11.3 Å². The van der Waals surface area contributed by atoms with Crippen molar-refractivity contribution in [3.8, 4) is 0 Å². The van der Waals surface area contributed by atoms with E-state index in [1.54, 1.807) is 28.3 Å². The van der Waals surface area contributed by atoms with Crippen LogP contribution in [0.15, 0.2) is 57.4 Å². The van der Waals surface area contributed by atoms with Crippen LogP contribution in [0.3, 0.4) is 0 Å². The number of aryl methyl sites for hydroxylation is 2. The Kier molecular flexibility index (Phi) is 3.92. The maximum Gasteiger partial charge on any atom is 0.261 e. The summed E-state index contributed by atoms with van der Waals surface area (Å²) in [7, 11) is 0. The van der Waals surface area contributed by atoms with Crippen molar-refractivity contribution in [2.75, 3.05) is 0 Å². The van der Waals surface area contributed by atoms with Crippen LogP contribution in [0.4, 0.5) is 0 Å². The monoisotopic (exact) mass is 338 g/mol. The van der Waals surface area contributed by atoms with Crippen molar-refractivity contribution in [3.05, 3.63) is 75.1 Å². The van der Waals surface area contributed by atoms with Gasteiger partial charge in [0, 0.05) is 24.3 Å². The van der Waals surface area contributed by atoms with Crippen LogP contribution in [0, 0.1) is 0 Å². The highest BCUT2D eigenvalue weighted by atomic mass is 32.1. The molecule has 6 nitrogen and oxygen atoms in total. The molecule has 0 atom stereocenters. The summed E-state index contributed by atoms with van der Waals surface area (Å²) in [6, 6.07) is 11.4. The largest absolute Gasteiger partial charge is 0.339 e. The van der Waals surface area contributed by atoms with Crippen LogP contribution in [-0.4, -0.2) is 19.7 Å². The summed E-state index contributed by atoms with van der Waals surface area (Å²) in [4.78, 5) is 22.3. The van der Waals surface area contributed by atoms with Crippen LogP contribution in [0.5, 0.6) is 0 Å². The molecule has 3 aromatic heterocycles. The standard InChI is InChI=1S/C17H14N4O2S/c22-17-13-5-1-2-6-14(13)18-11-21(17)8-7-16-19-15(20-23-16)10-12-4-3-9-24-12/h1-6,9,11H,7-8,10H2. The third kappa shape index (κ3) is 2.98. The molecule has 4 aromatic rings. The lowest BCUT2D eigenvalue weighted by atomic mass is 10.2. The predicted molar refractivity (Wildman–Crippen MR) is 91.1 cm³/mol. The number of para-hydroxylation sites is 1. The highest BCUT2D eigenvalue weighted by Crippen LogP contribution is 2.13. The molecule has 0 saturated carbocycles. The lowest BCUT2D eigenvalue weighted by Gasteiger charge is -2.04. The molecule has 0 radical (unpaired) electrons. The summed E-state index contributed by atoms with van der Waals surface area (Å²) < 4.78 is 6.85. The Morgan fingerprint density at radius 1 is 1.17 bits per heavy atom. The fraction of sp³-hybridized carbons (Fsp3) is 0.176. The fourth-order valence-electron chi connectivity index (χ4n) is 2.51. The molecule has 3 heterocycles. The van der Waals surface area contributed by atoms with Gasteiger partial charge in [0.25, 0.3) is 5.56 Å². The Morgan fingerprint density at radius 2 is 2.08 bits per heavy atom. The molecular formula is C17H14N4O2S. The third-order valence-electron chi connectivity index (χ3n) is 3.72. The van der Waals surface area contributed by atoms with Gasteiger partial charge in [0.2, 0.25) is 5.89 Å². The molecule has 7 heteroatoms. The van der Waals surface area contributed by atoms with Crippen LogP contribution in [0.1, 0.15) is 16.6 Å². The summed E-state index contributed by atoms with van der Waals surface area (Å²) in [5, 5.41) is 6.63. The van der Waals surface area contributed by atoms with Crippen molar-refractivity contribution in [1.82, 2.24) is 19.7 Å². The molecule has 0 fully saturated rings. The summed E-state index contributed by atoms with van der Waals surface area (Å²) >= 11 is 1.66. The van der Waals surface area contributed by atoms with Gasteiger partial charge in [0.05, 0.1) is 17.2 Å². The summed E-state index contributed by atoms with van der Waals surface area (Å²) in [6.07, 6.45) is 2.73. The molecule has 0 saturated heterocycles. The van der Waals surface area contributed by atoms with Crippen molar-refractivity contribution >= 4 is 22.2 Å². The Hall–Kier alpha value is -2.80. The van der Waals surface area contributed by atoms with Gasteiger partial charge >= 0.3 is 0 Å². The molecule has 0 unspecified atom stereocenters. The van der Waals surface area contributed by atoms with Crippen molar-refractivity contribution in [1.29, 1.82) is 0 Å². The molecular weight excluding hydrogens is 324 g/mol. The van der Waals surface area contributed by atoms with Gasteiger partial charge in [-0.2, -0.15) is 4.98 Å². The van der Waals surface area contributed by atoms with Gasteiger partial charge in [-0.3, -0.25) is 9.36 Å². The molecule has 0 amide bonds. The zero-order chi connectivity index (χ0) is 16.4. The molecule has 0 N–H and O–H groups in total. The zero-order valence-electron chi connectivity index (χ0n) is 12.8. The summed E-state index contributed by atoms with van der Waals surface area (Å²) in [5.41, 5.74) is 0.647. The van der Waals surface area contributed by atoms with Crippen LogP contribution in [0.2, 0.25) is 0 Å². The maximum absolute atomic E-state index is 12.4. The van der Waals surface area contributed by atoms with Crippen LogP contribution in [0.25, 0.3) is 10.9 Å². The summed E-state index contributed by atoms with van der Waals surface area (Å²) in [5.74, 6) is 1.19. The van der Waals surface area contributed by atoms with Crippen molar-refractivity contribution in [2.24, 2.45) is 0 Å². The lowest BCUT2D eigenvalue weighted by Crippen LogP contribution is -2.21. The number of aromatic nitrogens is 4. The first-order valence-electron chi connectivity index (χ1n) is 7.57. The minimum absolute atomic E-state index is 0.0566. The van der Waals surface area contributed by atoms with Crippen molar-refractivity contribution in [2.45, 2.75) is 19.4 Å². The van der Waals surface area contributed by atoms with E-state index < -0.39 is 0 Å². The van der Waals surface area contributed by atoms with E-state index in [2.05, 4.69) is 15.1 Å². The molecule has 0 bridgehead atoms. The second kappa shape index (κ2) is 6.37. The number of rotatable bonds is 5. The third-order valence-corrected chi connectivity index (χ3v) is 4.60. The molecule has 0 spiro atoms. The normalized spacial score (nSPS) is 11.2. The smallest absolute Gasteiger partial charge is 0.261 e. The minimum atomic E-state index is -0.0566. The molecule has 120 valence electrons. The fourth-order valence-corrected chi connectivity index (χ4v) is 3.22. The Labute approximate surface area is 141 Å². The number of hydrogen-bond donors (Lipinski definition) is 0. The van der Waals surface area contributed by atoms with E-state index in [1.165, 1.54) is 4.88 Å². The molecule has 0 aliphatic rings. The summed E-state index contributed by atoms with van der Waals surface area (Å²) in [6.45, 7) is 0.456. The first-order chi connectivity index (χ1) is 11.8. The number of thiophene rings is 1. The predicted octanol–water partition coefficient (Wildman–Crippen LogP) is 2.67. The second-order valence-corrected chi connectivity index (χ2v) is 6.40. The topological polar surface area (TPSA) is 73.8 Å². The van der Waals surface area contributed by atoms with E-state index in [4.69, 9.17) is 4.52 Å². The van der Waals surface area contributed by atoms with Crippen LogP contribution < -0.4 is 5.56 Å². The second-order valence-electron chi connectivity index (χ2n) is 5.37. The average molecular weight is 338 g/mol. The number of hydrogen-bond acceptors (Lipinski definition) is 6. The van der Waals surface area contributed by atoms with E-state index in [1.807, 2.05) is 35.7 Å². The molecule has 1 aromatic carbocycles. The van der Waals surface area contributed by atoms with Crippen molar-refractivity contribution in [3.63, 3.8) is 0 Å². The lowest BCUT2D eigenvalue weighted by molar-refractivity contribution is 0.367. The van der Waals surface area contributed by atoms with E-state index in [0.717, 1.165) is 0 Å². The molecule has 4 rings (SSSR count). The van der Waals surface area contributed by atoms with E-state index in [0.29, 0.717) is 42.0 Å². The van der Waals surface area contributed by atoms with E-state index in [-0.39, 0.29) is 5.56 Å². The van der Waals surface area contributed by atoms with E-state index in [9.17, 15) is 4.79 Å². The van der Waals surface area contributed by atoms with E-state index >= 15 is 0 Å². The van der Waals surface area contributed by atoms with Gasteiger partial charge in [0.1, 0.15) is 0 Å². The van der Waals surface area contributed by atoms with Crippen LogP contribution >= 0.6 is 11.3 Å². The number of benzene rings is 1. The molecule has 24 heavy (non-hydrogen) atoms. The highest BCUT2D eigenvalue weighted by Gasteiger charge is 2.09. The van der Waals surface area contributed by atoms with Crippen molar-refractivity contribution < 1.29 is 4.52 Å². The van der Waals surface area contributed by atoms with Crippen LogP contribution in [-0.2, 0) is 19.4 Å². The number of fused-ring (bicyclic) bond motifs is 1. The first-order valence-corrected chi connectivity index (χ1v) is 8.45. The van der Waals surface area contributed by atoms with Gasteiger partial charge in [-0.1, -0.05) is 23.4 Å². The quantitative estimate of drug-likeness (QED) is 0.559. The Bertz CT molecular complexity index is 1020. The minimum Gasteiger partial charge on any atom is -0.339 e. The Balaban J connectivity index is 1.48. The molecule has 0 aliphatic carbocycles. The Morgan fingerprint density at radius 3 is 2.96 bits per heavy atom. The molecule has 0 aliphatic heterocycles. The first kappa shape index (κ1) is 14.8. The zero-order valence-corrected chi connectivity index (χ0v) is 13.6. The van der Waals surface area contributed by atoms with Gasteiger partial charge < -0.3 is 4.52 Å². The SMILES string of the molecule is O=c1c2ccccc2ncn1CCc1nc(Cc2cccs2)no1. The highest BCUT2D eigenvalue weighted by molar-refractivity contribution is 7.09. The maximum atomic E-state index is 12.4. The van der Waals surface area contributed by atoms with Gasteiger partial charge in [0.15, 0.2) is 5.82 Å². The number of nitrogens with zero attached hydrogens (tertiary/aromatic N) is 4.